The number of nitrogens with two attached hydrogens (primary N) is 1. The van der Waals surface area contributed by atoms with Crippen molar-refractivity contribution in [2.75, 3.05) is 5.73 Å². The van der Waals surface area contributed by atoms with Crippen molar-refractivity contribution in [2.24, 2.45) is 7.05 Å². The van der Waals surface area contributed by atoms with Crippen LogP contribution in [-0.2, 0) is 20.0 Å². The van der Waals surface area contributed by atoms with Crippen molar-refractivity contribution in [1.82, 2.24) is 19.3 Å². The molecule has 6 heteroatoms. The SMILES string of the molecule is CCCc1nn(C)c2c1nc(N)n2Cc1ccccc1Br. The number of rotatable bonds is 4. The molecule has 3 rings (SSSR count). The van der Waals surface area contributed by atoms with Gasteiger partial charge in [-0.1, -0.05) is 47.5 Å². The maximum atomic E-state index is 6.13. The number of anilines is 1. The third-order valence-corrected chi connectivity index (χ3v) is 4.37. The molecule has 0 saturated carbocycles. The van der Waals surface area contributed by atoms with Crippen molar-refractivity contribution in [1.29, 1.82) is 0 Å². The van der Waals surface area contributed by atoms with E-state index in [0.29, 0.717) is 12.5 Å². The number of hydrogen-bond donors (Lipinski definition) is 1. The van der Waals surface area contributed by atoms with Crippen LogP contribution in [0.2, 0.25) is 0 Å². The number of halogens is 1. The molecule has 0 aliphatic heterocycles. The highest BCUT2D eigenvalue weighted by Gasteiger charge is 2.18. The van der Waals surface area contributed by atoms with E-state index in [2.05, 4.69) is 39.0 Å². The predicted octanol–water partition coefficient (Wildman–Crippen LogP) is 3.12. The molecule has 0 radical (unpaired) electrons. The summed E-state index contributed by atoms with van der Waals surface area (Å²) >= 11 is 3.58. The summed E-state index contributed by atoms with van der Waals surface area (Å²) in [5, 5.41) is 4.57. The van der Waals surface area contributed by atoms with Gasteiger partial charge in [0, 0.05) is 11.5 Å². The molecular formula is C15H18BrN5. The Labute approximate surface area is 131 Å². The fourth-order valence-corrected chi connectivity index (χ4v) is 3.03. The molecule has 0 aliphatic rings. The molecule has 0 saturated heterocycles. The molecule has 0 unspecified atom stereocenters. The number of nitrogens with zero attached hydrogens (tertiary/aromatic N) is 4. The Bertz CT molecular complexity index is 787. The second-order valence-corrected chi connectivity index (χ2v) is 5.99. The highest BCUT2D eigenvalue weighted by Crippen LogP contribution is 2.25. The van der Waals surface area contributed by atoms with E-state index in [1.165, 1.54) is 5.56 Å². The van der Waals surface area contributed by atoms with Crippen LogP contribution in [0.25, 0.3) is 11.2 Å². The van der Waals surface area contributed by atoms with Crippen LogP contribution < -0.4 is 5.73 Å². The molecule has 21 heavy (non-hydrogen) atoms. The molecule has 0 atom stereocenters. The summed E-state index contributed by atoms with van der Waals surface area (Å²) in [4.78, 5) is 4.52. The molecule has 0 amide bonds. The fourth-order valence-electron chi connectivity index (χ4n) is 2.62. The van der Waals surface area contributed by atoms with Crippen LogP contribution in [0.3, 0.4) is 0 Å². The summed E-state index contributed by atoms with van der Waals surface area (Å²) in [6, 6.07) is 8.14. The first-order valence-electron chi connectivity index (χ1n) is 7.02. The average molecular weight is 348 g/mol. The second kappa shape index (κ2) is 5.52. The van der Waals surface area contributed by atoms with E-state index in [1.54, 1.807) is 0 Å². The Morgan fingerprint density at radius 3 is 2.76 bits per heavy atom. The lowest BCUT2D eigenvalue weighted by atomic mass is 10.2. The van der Waals surface area contributed by atoms with Crippen LogP contribution >= 0.6 is 15.9 Å². The van der Waals surface area contributed by atoms with Gasteiger partial charge in [0.05, 0.1) is 12.2 Å². The highest BCUT2D eigenvalue weighted by atomic mass is 79.9. The lowest BCUT2D eigenvalue weighted by Gasteiger charge is -2.08. The first-order valence-corrected chi connectivity index (χ1v) is 7.82. The smallest absolute Gasteiger partial charge is 0.202 e. The van der Waals surface area contributed by atoms with Crippen molar-refractivity contribution < 1.29 is 0 Å². The molecule has 110 valence electrons. The summed E-state index contributed by atoms with van der Waals surface area (Å²) in [7, 11) is 1.94. The Hall–Kier alpha value is -1.82. The summed E-state index contributed by atoms with van der Waals surface area (Å²) in [6.07, 6.45) is 1.96. The van der Waals surface area contributed by atoms with E-state index in [4.69, 9.17) is 5.73 Å². The molecule has 5 nitrogen and oxygen atoms in total. The van der Waals surface area contributed by atoms with Gasteiger partial charge < -0.3 is 5.73 Å². The maximum Gasteiger partial charge on any atom is 0.202 e. The van der Waals surface area contributed by atoms with Crippen LogP contribution in [0.4, 0.5) is 5.95 Å². The summed E-state index contributed by atoms with van der Waals surface area (Å²) in [5.41, 5.74) is 10.2. The van der Waals surface area contributed by atoms with E-state index < -0.39 is 0 Å². The number of aryl methyl sites for hydroxylation is 2. The van der Waals surface area contributed by atoms with Gasteiger partial charge in [0.25, 0.3) is 0 Å². The van der Waals surface area contributed by atoms with Crippen molar-refractivity contribution in [3.05, 3.63) is 40.0 Å². The zero-order valence-electron chi connectivity index (χ0n) is 12.2. The summed E-state index contributed by atoms with van der Waals surface area (Å²) in [6.45, 7) is 2.82. The number of nitrogen functional groups attached to an aromatic ring is 1. The number of benzene rings is 1. The predicted molar refractivity (Wildman–Crippen MR) is 88.2 cm³/mol. The molecule has 0 aliphatic carbocycles. The van der Waals surface area contributed by atoms with E-state index in [0.717, 1.165) is 34.2 Å². The Balaban J connectivity index is 2.10. The van der Waals surface area contributed by atoms with E-state index in [9.17, 15) is 0 Å². The van der Waals surface area contributed by atoms with Crippen LogP contribution in [0.1, 0.15) is 24.6 Å². The van der Waals surface area contributed by atoms with Crippen molar-refractivity contribution >= 4 is 33.0 Å². The molecule has 3 aromatic rings. The third kappa shape index (κ3) is 2.44. The van der Waals surface area contributed by atoms with Gasteiger partial charge in [-0.15, -0.1) is 0 Å². The minimum atomic E-state index is 0.533. The van der Waals surface area contributed by atoms with Crippen LogP contribution in [-0.4, -0.2) is 19.3 Å². The zero-order valence-corrected chi connectivity index (χ0v) is 13.8. The van der Waals surface area contributed by atoms with Gasteiger partial charge in [0.15, 0.2) is 5.65 Å². The molecule has 2 aromatic heterocycles. The molecule has 0 bridgehead atoms. The highest BCUT2D eigenvalue weighted by molar-refractivity contribution is 9.10. The number of hydrogen-bond acceptors (Lipinski definition) is 3. The van der Waals surface area contributed by atoms with Crippen molar-refractivity contribution in [2.45, 2.75) is 26.3 Å². The van der Waals surface area contributed by atoms with Crippen molar-refractivity contribution in [3.8, 4) is 0 Å². The number of aromatic nitrogens is 4. The van der Waals surface area contributed by atoms with Gasteiger partial charge in [-0.25, -0.2) is 4.98 Å². The standard InChI is InChI=1S/C15H18BrN5/c1-3-6-12-13-14(20(2)19-12)21(15(17)18-13)9-10-7-4-5-8-11(10)16/h4-5,7-8H,3,6,9H2,1-2H3,(H2,17,18). The first-order chi connectivity index (χ1) is 10.1. The second-order valence-electron chi connectivity index (χ2n) is 5.14. The molecule has 0 spiro atoms. The number of fused-ring (bicyclic) bond motifs is 1. The molecule has 2 N–H and O–H groups in total. The van der Waals surface area contributed by atoms with Gasteiger partial charge in [-0.3, -0.25) is 9.25 Å². The summed E-state index contributed by atoms with van der Waals surface area (Å²) < 4.78 is 4.96. The Morgan fingerprint density at radius 2 is 2.05 bits per heavy atom. The lowest BCUT2D eigenvalue weighted by Crippen LogP contribution is -2.08. The first kappa shape index (κ1) is 14.1. The van der Waals surface area contributed by atoms with Crippen LogP contribution in [0.5, 0.6) is 0 Å². The van der Waals surface area contributed by atoms with Crippen molar-refractivity contribution in [3.63, 3.8) is 0 Å². The topological polar surface area (TPSA) is 61.7 Å². The quantitative estimate of drug-likeness (QED) is 0.788. The van der Waals surface area contributed by atoms with E-state index in [1.807, 2.05) is 34.5 Å². The lowest BCUT2D eigenvalue weighted by molar-refractivity contribution is 0.711. The molecule has 1 aromatic carbocycles. The normalized spacial score (nSPS) is 11.4. The van der Waals surface area contributed by atoms with Gasteiger partial charge in [0.1, 0.15) is 5.52 Å². The monoisotopic (exact) mass is 347 g/mol. The summed E-state index contributed by atoms with van der Waals surface area (Å²) in [5.74, 6) is 0.533. The Morgan fingerprint density at radius 1 is 1.29 bits per heavy atom. The molecule has 0 fully saturated rings. The molecule has 2 heterocycles. The van der Waals surface area contributed by atoms with Gasteiger partial charge >= 0.3 is 0 Å². The average Bonchev–Trinajstić information content (AvgIpc) is 2.92. The van der Waals surface area contributed by atoms with Crippen LogP contribution in [0.15, 0.2) is 28.7 Å². The van der Waals surface area contributed by atoms with Gasteiger partial charge in [0.2, 0.25) is 5.95 Å². The third-order valence-electron chi connectivity index (χ3n) is 3.59. The van der Waals surface area contributed by atoms with Crippen LogP contribution in [0, 0.1) is 0 Å². The van der Waals surface area contributed by atoms with Gasteiger partial charge in [-0.2, -0.15) is 5.10 Å². The number of imidazole rings is 1. The minimum absolute atomic E-state index is 0.533. The maximum absolute atomic E-state index is 6.13. The van der Waals surface area contributed by atoms with E-state index >= 15 is 0 Å². The largest absolute Gasteiger partial charge is 0.369 e. The molecular weight excluding hydrogens is 330 g/mol. The minimum Gasteiger partial charge on any atom is -0.369 e. The van der Waals surface area contributed by atoms with E-state index in [-0.39, 0.29) is 0 Å². The zero-order chi connectivity index (χ0) is 15.0. The van der Waals surface area contributed by atoms with Gasteiger partial charge in [-0.05, 0) is 18.1 Å². The Kier molecular flexibility index (Phi) is 3.71. The fraction of sp³-hybridized carbons (Fsp3) is 0.333.